The number of ether oxygens (including phenoxy) is 1. The normalized spacial score (nSPS) is 21.3. The average Bonchev–Trinajstić information content (AvgIpc) is 3.17. The lowest BCUT2D eigenvalue weighted by Gasteiger charge is -2.24. The fraction of sp³-hybridized carbons (Fsp3) is 0.737. The lowest BCUT2D eigenvalue weighted by atomic mass is 10.1. The summed E-state index contributed by atoms with van der Waals surface area (Å²) in [5.74, 6) is 0.585. The predicted molar refractivity (Wildman–Crippen MR) is 97.8 cm³/mol. The first-order valence-corrected chi connectivity index (χ1v) is 9.68. The number of rotatable bonds is 4. The van der Waals surface area contributed by atoms with Crippen molar-refractivity contribution < 1.29 is 14.3 Å². The molecule has 2 saturated heterocycles. The summed E-state index contributed by atoms with van der Waals surface area (Å²) in [6.07, 6.45) is 3.14. The van der Waals surface area contributed by atoms with Crippen LogP contribution in [0, 0.1) is 5.92 Å². The molecule has 2 fully saturated rings. The molecule has 26 heavy (non-hydrogen) atoms. The molecular formula is C19H30N4O3. The van der Waals surface area contributed by atoms with Gasteiger partial charge in [0, 0.05) is 39.8 Å². The van der Waals surface area contributed by atoms with Crippen LogP contribution in [0.5, 0.6) is 0 Å². The number of hydrogen-bond donors (Lipinski definition) is 0. The van der Waals surface area contributed by atoms with E-state index < -0.39 is 0 Å². The van der Waals surface area contributed by atoms with E-state index in [2.05, 4.69) is 18.9 Å². The highest BCUT2D eigenvalue weighted by Gasteiger charge is 2.30. The van der Waals surface area contributed by atoms with Gasteiger partial charge >= 0.3 is 0 Å². The fourth-order valence-corrected chi connectivity index (χ4v) is 3.72. The van der Waals surface area contributed by atoms with Gasteiger partial charge in [-0.25, -0.2) is 0 Å². The molecule has 0 bridgehead atoms. The molecule has 2 amide bonds. The highest BCUT2D eigenvalue weighted by atomic mass is 16.5. The molecule has 1 atom stereocenters. The molecule has 0 aliphatic carbocycles. The van der Waals surface area contributed by atoms with Gasteiger partial charge in [0.15, 0.2) is 0 Å². The third-order valence-electron chi connectivity index (χ3n) is 5.07. The Balaban J connectivity index is 1.62. The smallest absolute Gasteiger partial charge is 0.272 e. The van der Waals surface area contributed by atoms with E-state index in [0.717, 1.165) is 31.4 Å². The van der Waals surface area contributed by atoms with Crippen molar-refractivity contribution in [1.29, 1.82) is 0 Å². The van der Waals surface area contributed by atoms with E-state index in [1.165, 1.54) is 0 Å². The fourth-order valence-electron chi connectivity index (χ4n) is 3.72. The van der Waals surface area contributed by atoms with Gasteiger partial charge in [0.05, 0.1) is 5.69 Å². The third kappa shape index (κ3) is 4.26. The Bertz CT molecular complexity index is 649. The Morgan fingerprint density at radius 1 is 1.19 bits per heavy atom. The van der Waals surface area contributed by atoms with Crippen molar-refractivity contribution in [2.75, 3.05) is 32.8 Å². The quantitative estimate of drug-likeness (QED) is 0.813. The molecule has 0 radical (unpaired) electrons. The van der Waals surface area contributed by atoms with Crippen LogP contribution in [0.2, 0.25) is 0 Å². The van der Waals surface area contributed by atoms with Crippen molar-refractivity contribution in [3.05, 3.63) is 17.5 Å². The second kappa shape index (κ2) is 8.20. The minimum Gasteiger partial charge on any atom is -0.368 e. The van der Waals surface area contributed by atoms with Crippen LogP contribution in [0.15, 0.2) is 6.07 Å². The van der Waals surface area contributed by atoms with Crippen LogP contribution in [0.25, 0.3) is 0 Å². The van der Waals surface area contributed by atoms with Gasteiger partial charge in [-0.1, -0.05) is 13.8 Å². The summed E-state index contributed by atoms with van der Waals surface area (Å²) >= 11 is 0. The van der Waals surface area contributed by atoms with Crippen LogP contribution in [0.4, 0.5) is 0 Å². The molecule has 7 heteroatoms. The highest BCUT2D eigenvalue weighted by Crippen LogP contribution is 2.17. The molecule has 0 spiro atoms. The molecule has 0 aromatic carbocycles. The van der Waals surface area contributed by atoms with Gasteiger partial charge in [-0.15, -0.1) is 0 Å². The maximum atomic E-state index is 12.9. The van der Waals surface area contributed by atoms with E-state index in [-0.39, 0.29) is 17.9 Å². The SMILES string of the molecule is CC(C)Cc1cc(C(=O)N2CCCN(C(=O)[C@H]3CCCO3)CC2)n(C)n1. The van der Waals surface area contributed by atoms with Gasteiger partial charge in [0.1, 0.15) is 11.8 Å². The van der Waals surface area contributed by atoms with Crippen LogP contribution < -0.4 is 0 Å². The van der Waals surface area contributed by atoms with Crippen LogP contribution in [0.1, 0.15) is 49.3 Å². The molecule has 7 nitrogen and oxygen atoms in total. The number of carbonyl (C=O) groups is 2. The molecular weight excluding hydrogens is 332 g/mol. The van der Waals surface area contributed by atoms with Gasteiger partial charge in [0.2, 0.25) is 0 Å². The first kappa shape index (κ1) is 18.9. The molecule has 3 heterocycles. The molecule has 0 N–H and O–H groups in total. The zero-order valence-corrected chi connectivity index (χ0v) is 16.1. The molecule has 0 unspecified atom stereocenters. The lowest BCUT2D eigenvalue weighted by molar-refractivity contribution is -0.140. The topological polar surface area (TPSA) is 67.7 Å². The Morgan fingerprint density at radius 2 is 1.92 bits per heavy atom. The lowest BCUT2D eigenvalue weighted by Crippen LogP contribution is -2.42. The number of hydrogen-bond acceptors (Lipinski definition) is 4. The van der Waals surface area contributed by atoms with E-state index >= 15 is 0 Å². The van der Waals surface area contributed by atoms with Crippen LogP contribution in [-0.4, -0.2) is 70.3 Å². The van der Waals surface area contributed by atoms with Gasteiger partial charge < -0.3 is 14.5 Å². The van der Waals surface area contributed by atoms with E-state index in [1.807, 2.05) is 22.9 Å². The number of aryl methyl sites for hydroxylation is 1. The van der Waals surface area contributed by atoms with Crippen molar-refractivity contribution in [3.8, 4) is 0 Å². The van der Waals surface area contributed by atoms with E-state index in [9.17, 15) is 9.59 Å². The van der Waals surface area contributed by atoms with Crippen LogP contribution in [0.3, 0.4) is 0 Å². The molecule has 2 aliphatic heterocycles. The summed E-state index contributed by atoms with van der Waals surface area (Å²) in [4.78, 5) is 29.2. The van der Waals surface area contributed by atoms with Crippen molar-refractivity contribution in [2.24, 2.45) is 13.0 Å². The summed E-state index contributed by atoms with van der Waals surface area (Å²) in [6.45, 7) is 7.44. The van der Waals surface area contributed by atoms with Gasteiger partial charge in [-0.2, -0.15) is 5.10 Å². The van der Waals surface area contributed by atoms with Gasteiger partial charge in [0.25, 0.3) is 11.8 Å². The van der Waals surface area contributed by atoms with Gasteiger partial charge in [-0.3, -0.25) is 14.3 Å². The Hall–Kier alpha value is -1.89. The van der Waals surface area contributed by atoms with Crippen molar-refractivity contribution in [3.63, 3.8) is 0 Å². The molecule has 144 valence electrons. The summed E-state index contributed by atoms with van der Waals surface area (Å²) in [5.41, 5.74) is 1.58. The number of nitrogens with zero attached hydrogens (tertiary/aromatic N) is 4. The second-order valence-electron chi connectivity index (χ2n) is 7.72. The zero-order valence-electron chi connectivity index (χ0n) is 16.1. The summed E-state index contributed by atoms with van der Waals surface area (Å²) in [7, 11) is 1.82. The summed E-state index contributed by atoms with van der Waals surface area (Å²) in [5, 5.41) is 4.47. The van der Waals surface area contributed by atoms with Crippen molar-refractivity contribution in [2.45, 2.75) is 45.6 Å². The molecule has 1 aromatic rings. The maximum absolute atomic E-state index is 12.9. The number of aromatic nitrogens is 2. The first-order chi connectivity index (χ1) is 12.5. The second-order valence-corrected chi connectivity index (χ2v) is 7.72. The molecule has 2 aliphatic rings. The van der Waals surface area contributed by atoms with Crippen LogP contribution >= 0.6 is 0 Å². The first-order valence-electron chi connectivity index (χ1n) is 9.68. The maximum Gasteiger partial charge on any atom is 0.272 e. The highest BCUT2D eigenvalue weighted by molar-refractivity contribution is 5.92. The third-order valence-corrected chi connectivity index (χ3v) is 5.07. The number of carbonyl (C=O) groups excluding carboxylic acids is 2. The van der Waals surface area contributed by atoms with E-state index in [0.29, 0.717) is 44.4 Å². The number of amides is 2. The van der Waals surface area contributed by atoms with Crippen LogP contribution in [-0.2, 0) is 23.0 Å². The largest absolute Gasteiger partial charge is 0.368 e. The zero-order chi connectivity index (χ0) is 18.7. The Labute approximate surface area is 155 Å². The Kier molecular flexibility index (Phi) is 5.96. The molecule has 0 saturated carbocycles. The average molecular weight is 362 g/mol. The Morgan fingerprint density at radius 3 is 2.62 bits per heavy atom. The van der Waals surface area contributed by atoms with Gasteiger partial charge in [-0.05, 0) is 37.7 Å². The predicted octanol–water partition coefficient (Wildman–Crippen LogP) is 1.47. The molecule has 3 rings (SSSR count). The minimum absolute atomic E-state index is 0.00132. The molecule has 1 aromatic heterocycles. The van der Waals surface area contributed by atoms with Crippen molar-refractivity contribution in [1.82, 2.24) is 19.6 Å². The van der Waals surface area contributed by atoms with Crippen molar-refractivity contribution >= 4 is 11.8 Å². The standard InChI is InChI=1S/C19H30N4O3/c1-14(2)12-15-13-16(21(3)20-15)18(24)22-7-5-8-23(10-9-22)19(25)17-6-4-11-26-17/h13-14,17H,4-12H2,1-3H3/t17-/m1/s1. The van der Waals surface area contributed by atoms with E-state index in [1.54, 1.807) is 4.68 Å². The van der Waals surface area contributed by atoms with E-state index in [4.69, 9.17) is 4.74 Å². The minimum atomic E-state index is -0.284. The monoisotopic (exact) mass is 362 g/mol. The summed E-state index contributed by atoms with van der Waals surface area (Å²) in [6, 6.07) is 1.91. The summed E-state index contributed by atoms with van der Waals surface area (Å²) < 4.78 is 7.20.